The Morgan fingerprint density at radius 3 is 2.54 bits per heavy atom. The van der Waals surface area contributed by atoms with E-state index in [1.807, 2.05) is 0 Å². The first-order chi connectivity index (χ1) is 11.6. The van der Waals surface area contributed by atoms with Gasteiger partial charge in [0.25, 0.3) is 0 Å². The third-order valence-electron chi connectivity index (χ3n) is 3.11. The van der Waals surface area contributed by atoms with Crippen LogP contribution in [0.4, 0.5) is 0 Å². The summed E-state index contributed by atoms with van der Waals surface area (Å²) in [4.78, 5) is 11.5. The molecule has 0 spiro atoms. The molecule has 126 valence electrons. The number of nitrogens with one attached hydrogen (secondary N) is 1. The molecule has 0 atom stereocenters. The molecule has 0 aliphatic rings. The number of amides is 1. The van der Waals surface area contributed by atoms with Crippen molar-refractivity contribution in [3.63, 3.8) is 0 Å². The van der Waals surface area contributed by atoms with Crippen LogP contribution in [0.25, 0.3) is 0 Å². The molecule has 1 heterocycles. The number of thioether (sulfide) groups is 2. The lowest BCUT2D eigenvalue weighted by Crippen LogP contribution is -2.25. The van der Waals surface area contributed by atoms with Crippen LogP contribution in [0.2, 0.25) is 0 Å². The number of hydrogen-bond acceptors (Lipinski definition) is 6. The maximum Gasteiger partial charge on any atom is 0.231 e. The van der Waals surface area contributed by atoms with E-state index < -0.39 is 0 Å². The Balaban J connectivity index is 1.79. The van der Waals surface area contributed by atoms with Crippen LogP contribution in [0.1, 0.15) is 30.9 Å². The fraction of sp³-hybridized carbons (Fsp3) is 0.353. The number of benzene rings is 1. The molecule has 1 N–H and O–H groups in total. The van der Waals surface area contributed by atoms with E-state index in [-0.39, 0.29) is 12.5 Å². The Hall–Kier alpha value is -1.49. The van der Waals surface area contributed by atoms with Gasteiger partial charge in [0.2, 0.25) is 5.91 Å². The molecule has 2 aromatic rings. The summed E-state index contributed by atoms with van der Waals surface area (Å²) < 4.78 is 1.71. The lowest BCUT2D eigenvalue weighted by atomic mass is 10.0. The summed E-state index contributed by atoms with van der Waals surface area (Å²) in [5, 5.41) is 10.9. The van der Waals surface area contributed by atoms with E-state index in [2.05, 4.69) is 59.5 Å². The first-order valence-corrected chi connectivity index (χ1v) is 10.3. The predicted molar refractivity (Wildman–Crippen MR) is 103 cm³/mol. The number of carbonyl (C=O) groups excluding carboxylic acids is 1. The van der Waals surface area contributed by atoms with Gasteiger partial charge in [0.1, 0.15) is 0 Å². The minimum Gasteiger partial charge on any atom is -0.344 e. The number of aromatic nitrogens is 2. The summed E-state index contributed by atoms with van der Waals surface area (Å²) in [6, 6.07) is 8.68. The van der Waals surface area contributed by atoms with Gasteiger partial charge in [-0.15, -0.1) is 16.6 Å². The van der Waals surface area contributed by atoms with Crippen LogP contribution in [0.3, 0.4) is 0 Å². The maximum absolute atomic E-state index is 11.5. The number of nitrogens with zero attached hydrogens (tertiary/aromatic N) is 2. The number of carbonyl (C=O) groups is 1. The molecular weight excluding hydrogens is 358 g/mol. The molecule has 0 unspecified atom stereocenters. The van der Waals surface area contributed by atoms with E-state index in [4.69, 9.17) is 6.42 Å². The maximum atomic E-state index is 11.5. The number of terminal acetylenes is 1. The minimum absolute atomic E-state index is 0.0902. The lowest BCUT2D eigenvalue weighted by molar-refractivity contribution is -0.118. The molecule has 2 rings (SSSR count). The van der Waals surface area contributed by atoms with E-state index in [0.29, 0.717) is 11.7 Å². The van der Waals surface area contributed by atoms with Gasteiger partial charge in [-0.1, -0.05) is 78.9 Å². The summed E-state index contributed by atoms with van der Waals surface area (Å²) in [6.07, 6.45) is 5.10. The quantitative estimate of drug-likeness (QED) is 0.560. The van der Waals surface area contributed by atoms with Crippen LogP contribution in [-0.4, -0.2) is 28.4 Å². The molecule has 24 heavy (non-hydrogen) atoms. The highest BCUT2D eigenvalue weighted by Crippen LogP contribution is 2.30. The Morgan fingerprint density at radius 2 is 1.92 bits per heavy atom. The van der Waals surface area contributed by atoms with E-state index >= 15 is 0 Å². The van der Waals surface area contributed by atoms with Gasteiger partial charge in [0.05, 0.1) is 12.3 Å². The van der Waals surface area contributed by atoms with Crippen molar-refractivity contribution >= 4 is 40.8 Å². The van der Waals surface area contributed by atoms with Crippen molar-refractivity contribution in [2.24, 2.45) is 0 Å². The molecule has 1 aromatic carbocycles. The van der Waals surface area contributed by atoms with Crippen LogP contribution in [-0.2, 0) is 10.5 Å². The summed E-state index contributed by atoms with van der Waals surface area (Å²) in [5.41, 5.74) is 2.61. The average Bonchev–Trinajstić information content (AvgIpc) is 3.04. The standard InChI is InChI=1S/C17H19N3OS3/c1-4-9-18-15(21)11-23-17-20-19-16(24-17)22-10-13-5-7-14(8-6-13)12(2)3/h1,5-8,12H,9-11H2,2-3H3,(H,18,21). The van der Waals surface area contributed by atoms with E-state index in [1.165, 1.54) is 34.2 Å². The SMILES string of the molecule is C#CCNC(=O)CSc1nnc(SCc2ccc(C(C)C)cc2)s1. The predicted octanol–water partition coefficient (Wildman–Crippen LogP) is 3.80. The topological polar surface area (TPSA) is 54.9 Å². The second kappa shape index (κ2) is 9.72. The highest BCUT2D eigenvalue weighted by atomic mass is 32.2. The van der Waals surface area contributed by atoms with Crippen LogP contribution in [0.5, 0.6) is 0 Å². The van der Waals surface area contributed by atoms with E-state index in [9.17, 15) is 4.79 Å². The van der Waals surface area contributed by atoms with Crippen molar-refractivity contribution in [2.75, 3.05) is 12.3 Å². The van der Waals surface area contributed by atoms with Crippen molar-refractivity contribution < 1.29 is 4.79 Å². The van der Waals surface area contributed by atoms with Crippen LogP contribution in [0, 0.1) is 12.3 Å². The third kappa shape index (κ3) is 6.19. The Labute approximate surface area is 155 Å². The molecule has 4 nitrogen and oxygen atoms in total. The zero-order valence-electron chi connectivity index (χ0n) is 13.6. The van der Waals surface area contributed by atoms with Gasteiger partial charge in [-0.3, -0.25) is 4.79 Å². The highest BCUT2D eigenvalue weighted by Gasteiger charge is 2.08. The molecule has 0 fully saturated rings. The highest BCUT2D eigenvalue weighted by molar-refractivity contribution is 8.03. The second-order valence-corrected chi connectivity index (χ2v) is 8.71. The van der Waals surface area contributed by atoms with Crippen molar-refractivity contribution in [1.29, 1.82) is 0 Å². The molecule has 0 aliphatic heterocycles. The Kier molecular flexibility index (Phi) is 7.63. The summed E-state index contributed by atoms with van der Waals surface area (Å²) in [5.74, 6) is 4.00. The van der Waals surface area contributed by atoms with Gasteiger partial charge in [-0.05, 0) is 17.0 Å². The molecule has 0 saturated heterocycles. The molecule has 0 radical (unpaired) electrons. The first-order valence-electron chi connectivity index (χ1n) is 7.46. The largest absolute Gasteiger partial charge is 0.344 e. The zero-order valence-corrected chi connectivity index (χ0v) is 16.1. The van der Waals surface area contributed by atoms with Gasteiger partial charge in [0, 0.05) is 5.75 Å². The third-order valence-corrected chi connectivity index (χ3v) is 6.37. The first kappa shape index (κ1) is 18.8. The van der Waals surface area contributed by atoms with Crippen molar-refractivity contribution in [2.45, 2.75) is 34.2 Å². The van der Waals surface area contributed by atoms with E-state index in [0.717, 1.165) is 14.4 Å². The smallest absolute Gasteiger partial charge is 0.231 e. The molecule has 1 amide bonds. The number of rotatable bonds is 8. The van der Waals surface area contributed by atoms with Crippen molar-refractivity contribution in [3.8, 4) is 12.3 Å². The van der Waals surface area contributed by atoms with Crippen LogP contribution < -0.4 is 5.32 Å². The average molecular weight is 378 g/mol. The van der Waals surface area contributed by atoms with Gasteiger partial charge < -0.3 is 5.32 Å². The van der Waals surface area contributed by atoms with Crippen LogP contribution >= 0.6 is 34.9 Å². The van der Waals surface area contributed by atoms with Crippen LogP contribution in [0.15, 0.2) is 32.9 Å². The minimum atomic E-state index is -0.0902. The molecule has 7 heteroatoms. The Morgan fingerprint density at radius 1 is 1.25 bits per heavy atom. The molecular formula is C17H19N3OS3. The monoisotopic (exact) mass is 377 g/mol. The number of hydrogen-bond donors (Lipinski definition) is 1. The lowest BCUT2D eigenvalue weighted by Gasteiger charge is -2.05. The molecule has 0 saturated carbocycles. The fourth-order valence-electron chi connectivity index (χ4n) is 1.79. The molecule has 0 bridgehead atoms. The zero-order chi connectivity index (χ0) is 17.4. The van der Waals surface area contributed by atoms with Gasteiger partial charge in [0.15, 0.2) is 8.68 Å². The second-order valence-electron chi connectivity index (χ2n) is 5.29. The normalized spacial score (nSPS) is 10.6. The molecule has 0 aliphatic carbocycles. The summed E-state index contributed by atoms with van der Waals surface area (Å²) in [7, 11) is 0. The van der Waals surface area contributed by atoms with Crippen molar-refractivity contribution in [1.82, 2.24) is 15.5 Å². The Bertz CT molecular complexity index is 705. The fourth-order valence-corrected chi connectivity index (χ4v) is 4.59. The van der Waals surface area contributed by atoms with Crippen molar-refractivity contribution in [3.05, 3.63) is 35.4 Å². The van der Waals surface area contributed by atoms with E-state index in [1.54, 1.807) is 11.8 Å². The van der Waals surface area contributed by atoms with Gasteiger partial charge in [-0.2, -0.15) is 0 Å². The molecule has 1 aromatic heterocycles. The van der Waals surface area contributed by atoms with Gasteiger partial charge >= 0.3 is 0 Å². The summed E-state index contributed by atoms with van der Waals surface area (Å²) in [6.45, 7) is 4.64. The van der Waals surface area contributed by atoms with Gasteiger partial charge in [-0.25, -0.2) is 0 Å². The summed E-state index contributed by atoms with van der Waals surface area (Å²) >= 11 is 4.55.